The lowest BCUT2D eigenvalue weighted by Crippen LogP contribution is -2.46. The summed E-state index contributed by atoms with van der Waals surface area (Å²) >= 11 is 0. The maximum Gasteiger partial charge on any atom is 0.352 e. The summed E-state index contributed by atoms with van der Waals surface area (Å²) in [6, 6.07) is 21.0. The molecule has 0 aliphatic heterocycles. The second-order valence-corrected chi connectivity index (χ2v) is 7.84. The summed E-state index contributed by atoms with van der Waals surface area (Å²) in [5.41, 5.74) is -1.07. The molecule has 178 valence electrons. The van der Waals surface area contributed by atoms with Crippen LogP contribution in [0.2, 0.25) is 0 Å². The fourth-order valence-corrected chi connectivity index (χ4v) is 3.62. The maximum absolute atomic E-state index is 14.6. The Bertz CT molecular complexity index is 1480. The number of carbonyl (C=O) groups is 1. The third-order valence-corrected chi connectivity index (χ3v) is 5.48. The van der Waals surface area contributed by atoms with Crippen molar-refractivity contribution in [2.75, 3.05) is 7.11 Å². The summed E-state index contributed by atoms with van der Waals surface area (Å²) in [6.45, 7) is 1.59. The second kappa shape index (κ2) is 10.2. The van der Waals surface area contributed by atoms with Crippen LogP contribution < -0.4 is 21.3 Å². The van der Waals surface area contributed by atoms with Gasteiger partial charge in [0.1, 0.15) is 17.3 Å². The van der Waals surface area contributed by atoms with Gasteiger partial charge in [-0.2, -0.15) is 9.78 Å². The van der Waals surface area contributed by atoms with Crippen LogP contribution in [0.5, 0.6) is 5.75 Å². The highest BCUT2D eigenvalue weighted by Crippen LogP contribution is 2.14. The van der Waals surface area contributed by atoms with Gasteiger partial charge in [-0.3, -0.25) is 14.2 Å². The minimum absolute atomic E-state index is 0.166. The number of rotatable bonds is 7. The first kappa shape index (κ1) is 23.6. The topological polar surface area (TPSA) is 95.2 Å². The monoisotopic (exact) mass is 474 g/mol. The minimum Gasteiger partial charge on any atom is -0.497 e. The molecule has 1 aromatic heterocycles. The number of ether oxygens (including phenoxy) is 1. The van der Waals surface area contributed by atoms with Crippen molar-refractivity contribution >= 4 is 5.91 Å². The van der Waals surface area contributed by atoms with Gasteiger partial charge in [0, 0.05) is 0 Å². The number of hydrogen-bond acceptors (Lipinski definition) is 5. The molecule has 0 spiro atoms. The van der Waals surface area contributed by atoms with Gasteiger partial charge in [0.15, 0.2) is 0 Å². The molecule has 1 N–H and O–H groups in total. The quantitative estimate of drug-likeness (QED) is 0.444. The zero-order valence-electron chi connectivity index (χ0n) is 19.1. The number of halogens is 1. The molecular weight excluding hydrogens is 451 g/mol. The van der Waals surface area contributed by atoms with E-state index in [1.165, 1.54) is 25.3 Å². The van der Waals surface area contributed by atoms with E-state index in [0.717, 1.165) is 20.9 Å². The standard InChI is InChI=1S/C26H23FN4O4/c1-17(19-10-4-3-5-11-19)28-24(32)23-25(33)30(16-18-9-8-12-20(15-18)35-2)26(34)31(29-23)22-14-7-6-13-21(22)27/h3-15,17H,16H2,1-2H3,(H,28,32). The average molecular weight is 474 g/mol. The van der Waals surface area contributed by atoms with E-state index in [1.807, 2.05) is 30.3 Å². The van der Waals surface area contributed by atoms with Crippen LogP contribution in [-0.2, 0) is 6.54 Å². The van der Waals surface area contributed by atoms with E-state index < -0.39 is 34.7 Å². The lowest BCUT2D eigenvalue weighted by Gasteiger charge is -2.16. The van der Waals surface area contributed by atoms with Crippen molar-refractivity contribution in [3.05, 3.63) is 122 Å². The van der Waals surface area contributed by atoms with Crippen LogP contribution in [0.1, 0.15) is 34.6 Å². The van der Waals surface area contributed by atoms with E-state index in [2.05, 4.69) is 10.4 Å². The van der Waals surface area contributed by atoms with Crippen molar-refractivity contribution in [2.24, 2.45) is 0 Å². The van der Waals surface area contributed by atoms with E-state index in [4.69, 9.17) is 4.74 Å². The largest absolute Gasteiger partial charge is 0.497 e. The molecule has 8 nitrogen and oxygen atoms in total. The number of aromatic nitrogens is 3. The number of amides is 1. The number of benzene rings is 3. The van der Waals surface area contributed by atoms with E-state index in [-0.39, 0.29) is 12.2 Å². The van der Waals surface area contributed by atoms with Crippen LogP contribution in [0.25, 0.3) is 5.69 Å². The summed E-state index contributed by atoms with van der Waals surface area (Å²) < 4.78 is 21.4. The predicted molar refractivity (Wildman–Crippen MR) is 128 cm³/mol. The van der Waals surface area contributed by atoms with Crippen LogP contribution in [0.4, 0.5) is 4.39 Å². The molecule has 0 aliphatic carbocycles. The van der Waals surface area contributed by atoms with E-state index in [0.29, 0.717) is 11.3 Å². The minimum atomic E-state index is -0.886. The summed E-state index contributed by atoms with van der Waals surface area (Å²) in [5, 5.41) is 6.71. The maximum atomic E-state index is 14.6. The van der Waals surface area contributed by atoms with Crippen molar-refractivity contribution in [2.45, 2.75) is 19.5 Å². The highest BCUT2D eigenvalue weighted by atomic mass is 19.1. The van der Waals surface area contributed by atoms with Crippen LogP contribution in [-0.4, -0.2) is 27.4 Å². The Morgan fingerprint density at radius 3 is 2.46 bits per heavy atom. The zero-order chi connectivity index (χ0) is 24.9. The smallest absolute Gasteiger partial charge is 0.352 e. The second-order valence-electron chi connectivity index (χ2n) is 7.84. The fourth-order valence-electron chi connectivity index (χ4n) is 3.62. The Hall–Kier alpha value is -4.53. The van der Waals surface area contributed by atoms with Gasteiger partial charge >= 0.3 is 5.69 Å². The van der Waals surface area contributed by atoms with Crippen LogP contribution in [0.3, 0.4) is 0 Å². The van der Waals surface area contributed by atoms with Gasteiger partial charge in [0.2, 0.25) is 5.69 Å². The van der Waals surface area contributed by atoms with Crippen LogP contribution in [0, 0.1) is 5.82 Å². The van der Waals surface area contributed by atoms with Crippen molar-refractivity contribution in [3.8, 4) is 11.4 Å². The molecule has 35 heavy (non-hydrogen) atoms. The lowest BCUT2D eigenvalue weighted by molar-refractivity contribution is 0.0930. The molecule has 4 rings (SSSR count). The molecule has 4 aromatic rings. The first-order chi connectivity index (χ1) is 16.9. The van der Waals surface area contributed by atoms with Crippen LogP contribution >= 0.6 is 0 Å². The predicted octanol–water partition coefficient (Wildman–Crippen LogP) is 3.08. The Morgan fingerprint density at radius 2 is 1.74 bits per heavy atom. The van der Waals surface area contributed by atoms with E-state index in [9.17, 15) is 18.8 Å². The van der Waals surface area contributed by atoms with Gasteiger partial charge in [-0.05, 0) is 42.3 Å². The molecule has 0 saturated carbocycles. The van der Waals surface area contributed by atoms with Crippen molar-refractivity contribution in [3.63, 3.8) is 0 Å². The molecule has 3 aromatic carbocycles. The van der Waals surface area contributed by atoms with Gasteiger partial charge in [-0.1, -0.05) is 54.6 Å². The number of nitrogens with zero attached hydrogens (tertiary/aromatic N) is 3. The molecule has 0 radical (unpaired) electrons. The molecule has 0 fully saturated rings. The van der Waals surface area contributed by atoms with Crippen molar-refractivity contribution in [1.29, 1.82) is 0 Å². The SMILES string of the molecule is COc1cccc(Cn2c(=O)c(C(=O)NC(C)c3ccccc3)nn(-c3ccccc3F)c2=O)c1. The molecule has 0 aliphatic rings. The van der Waals surface area contributed by atoms with Gasteiger partial charge in [0.25, 0.3) is 11.5 Å². The number of nitrogens with one attached hydrogen (secondary N) is 1. The molecule has 1 atom stereocenters. The summed E-state index contributed by atoms with van der Waals surface area (Å²) in [7, 11) is 1.50. The molecule has 0 saturated heterocycles. The Morgan fingerprint density at radius 1 is 1.03 bits per heavy atom. The van der Waals surface area contributed by atoms with E-state index >= 15 is 0 Å². The Kier molecular flexibility index (Phi) is 6.86. The van der Waals surface area contributed by atoms with E-state index in [1.54, 1.807) is 31.2 Å². The number of hydrogen-bond donors (Lipinski definition) is 1. The fraction of sp³-hybridized carbons (Fsp3) is 0.154. The zero-order valence-corrected chi connectivity index (χ0v) is 19.1. The van der Waals surface area contributed by atoms with Crippen molar-refractivity contribution < 1.29 is 13.9 Å². The van der Waals surface area contributed by atoms with Gasteiger partial charge < -0.3 is 10.1 Å². The summed E-state index contributed by atoms with van der Waals surface area (Å²) in [4.78, 5) is 39.6. The number of carbonyl (C=O) groups excluding carboxylic acids is 1. The third-order valence-electron chi connectivity index (χ3n) is 5.48. The molecule has 1 heterocycles. The highest BCUT2D eigenvalue weighted by Gasteiger charge is 2.23. The normalized spacial score (nSPS) is 11.6. The van der Waals surface area contributed by atoms with Gasteiger partial charge in [-0.15, -0.1) is 0 Å². The first-order valence-corrected chi connectivity index (χ1v) is 10.9. The number of methoxy groups -OCH3 is 1. The Labute approximate surface area is 200 Å². The summed E-state index contributed by atoms with van der Waals surface area (Å²) in [5.74, 6) is -0.970. The van der Waals surface area contributed by atoms with Gasteiger partial charge in [-0.25, -0.2) is 9.18 Å². The Balaban J connectivity index is 1.82. The molecule has 1 amide bonds. The molecule has 9 heteroatoms. The third kappa shape index (κ3) is 5.03. The lowest BCUT2D eigenvalue weighted by atomic mass is 10.1. The van der Waals surface area contributed by atoms with Crippen LogP contribution in [0.15, 0.2) is 88.5 Å². The highest BCUT2D eigenvalue weighted by molar-refractivity contribution is 5.92. The molecule has 0 bridgehead atoms. The van der Waals surface area contributed by atoms with Crippen molar-refractivity contribution in [1.82, 2.24) is 19.7 Å². The van der Waals surface area contributed by atoms with Gasteiger partial charge in [0.05, 0.1) is 19.7 Å². The first-order valence-electron chi connectivity index (χ1n) is 10.9. The summed E-state index contributed by atoms with van der Waals surface area (Å²) in [6.07, 6.45) is 0. The molecular formula is C26H23FN4O4. The number of para-hydroxylation sites is 1. The average Bonchev–Trinajstić information content (AvgIpc) is 2.88. The molecule has 1 unspecified atom stereocenters.